The number of alkyl halides is 3. The number of hydrogen-bond acceptors (Lipinski definition) is 1. The first-order valence-corrected chi connectivity index (χ1v) is 5.43. The summed E-state index contributed by atoms with van der Waals surface area (Å²) in [5, 5.41) is 0.727. The van der Waals surface area contributed by atoms with E-state index in [1.165, 1.54) is 13.2 Å². The fourth-order valence-electron chi connectivity index (χ4n) is 1.51. The van der Waals surface area contributed by atoms with E-state index < -0.39 is 11.7 Å². The smallest absolute Gasteiger partial charge is 0.420 e. The fourth-order valence-corrected chi connectivity index (χ4v) is 2.11. The Morgan fingerprint density at radius 1 is 1.31 bits per heavy atom. The SMILES string of the molecule is COc1cc2c(I)c[nH]c2cc1C(F)(F)F. The lowest BCUT2D eigenvalue weighted by Crippen LogP contribution is -2.07. The van der Waals surface area contributed by atoms with Crippen molar-refractivity contribution in [1.82, 2.24) is 4.98 Å². The van der Waals surface area contributed by atoms with Crippen molar-refractivity contribution in [3.05, 3.63) is 27.5 Å². The highest BCUT2D eigenvalue weighted by atomic mass is 127. The first kappa shape index (κ1) is 11.6. The minimum Gasteiger partial charge on any atom is -0.496 e. The minimum absolute atomic E-state index is 0.155. The number of fused-ring (bicyclic) bond motifs is 1. The van der Waals surface area contributed by atoms with Gasteiger partial charge in [-0.15, -0.1) is 0 Å². The zero-order valence-corrected chi connectivity index (χ0v) is 10.3. The van der Waals surface area contributed by atoms with E-state index in [1.807, 2.05) is 0 Å². The van der Waals surface area contributed by atoms with E-state index in [-0.39, 0.29) is 5.75 Å². The van der Waals surface area contributed by atoms with Crippen LogP contribution in [0.2, 0.25) is 0 Å². The van der Waals surface area contributed by atoms with Crippen molar-refractivity contribution in [2.75, 3.05) is 7.11 Å². The molecule has 0 amide bonds. The van der Waals surface area contributed by atoms with Crippen LogP contribution in [0.3, 0.4) is 0 Å². The maximum atomic E-state index is 12.7. The standard InChI is InChI=1S/C10H7F3INO/c1-16-9-2-5-7(14)4-15-8(5)3-6(9)10(11,12)13/h2-4,15H,1H3. The molecule has 0 atom stereocenters. The number of methoxy groups -OCH3 is 1. The van der Waals surface area contributed by atoms with Crippen molar-refractivity contribution in [2.45, 2.75) is 6.18 Å². The van der Waals surface area contributed by atoms with E-state index in [1.54, 1.807) is 6.20 Å². The number of ether oxygens (including phenoxy) is 1. The predicted octanol–water partition coefficient (Wildman–Crippen LogP) is 3.80. The topological polar surface area (TPSA) is 25.0 Å². The molecule has 0 aliphatic carbocycles. The lowest BCUT2D eigenvalue weighted by atomic mass is 10.1. The Morgan fingerprint density at radius 3 is 2.56 bits per heavy atom. The van der Waals surface area contributed by atoms with Crippen LogP contribution in [0.5, 0.6) is 5.75 Å². The number of nitrogens with one attached hydrogen (secondary N) is 1. The number of aromatic nitrogens is 1. The maximum Gasteiger partial charge on any atom is 0.420 e. The van der Waals surface area contributed by atoms with Crippen molar-refractivity contribution >= 4 is 33.5 Å². The fraction of sp³-hybridized carbons (Fsp3) is 0.200. The molecular weight excluding hydrogens is 334 g/mol. The summed E-state index contributed by atoms with van der Waals surface area (Å²) in [7, 11) is 1.23. The van der Waals surface area contributed by atoms with Gasteiger partial charge in [0.05, 0.1) is 12.7 Å². The van der Waals surface area contributed by atoms with Gasteiger partial charge in [0, 0.05) is 20.7 Å². The van der Waals surface area contributed by atoms with E-state index in [0.29, 0.717) is 5.52 Å². The number of hydrogen-bond donors (Lipinski definition) is 1. The lowest BCUT2D eigenvalue weighted by molar-refractivity contribution is -0.138. The number of H-pyrrole nitrogens is 1. The van der Waals surface area contributed by atoms with Crippen LogP contribution in [0.4, 0.5) is 13.2 Å². The van der Waals surface area contributed by atoms with Gasteiger partial charge < -0.3 is 9.72 Å². The Hall–Kier alpha value is -0.920. The molecule has 2 nitrogen and oxygen atoms in total. The molecule has 2 rings (SSSR count). The molecule has 0 aliphatic rings. The van der Waals surface area contributed by atoms with Crippen LogP contribution in [0.1, 0.15) is 5.56 Å². The normalized spacial score (nSPS) is 12.1. The van der Waals surface area contributed by atoms with Crippen LogP contribution in [0.15, 0.2) is 18.3 Å². The first-order chi connectivity index (χ1) is 7.43. The molecule has 0 aliphatic heterocycles. The van der Waals surface area contributed by atoms with Gasteiger partial charge in [0.25, 0.3) is 0 Å². The highest BCUT2D eigenvalue weighted by molar-refractivity contribution is 14.1. The molecule has 6 heteroatoms. The van der Waals surface area contributed by atoms with Crippen LogP contribution in [-0.2, 0) is 6.18 Å². The maximum absolute atomic E-state index is 12.7. The zero-order chi connectivity index (χ0) is 11.9. The third-order valence-corrected chi connectivity index (χ3v) is 3.15. The first-order valence-electron chi connectivity index (χ1n) is 4.35. The van der Waals surface area contributed by atoms with Gasteiger partial charge in [0.1, 0.15) is 5.75 Å². The lowest BCUT2D eigenvalue weighted by Gasteiger charge is -2.11. The van der Waals surface area contributed by atoms with E-state index in [0.717, 1.165) is 15.0 Å². The Labute approximate surface area is 103 Å². The highest BCUT2D eigenvalue weighted by Gasteiger charge is 2.34. The summed E-state index contributed by atoms with van der Waals surface area (Å²) in [6.45, 7) is 0. The summed E-state index contributed by atoms with van der Waals surface area (Å²) in [6.07, 6.45) is -2.75. The Kier molecular flexibility index (Phi) is 2.77. The van der Waals surface area contributed by atoms with E-state index in [4.69, 9.17) is 4.74 Å². The molecule has 86 valence electrons. The van der Waals surface area contributed by atoms with Gasteiger partial charge in [0.15, 0.2) is 0 Å². The molecule has 0 fully saturated rings. The van der Waals surface area contributed by atoms with Crippen LogP contribution < -0.4 is 4.74 Å². The average molecular weight is 341 g/mol. The second-order valence-electron chi connectivity index (χ2n) is 3.23. The molecule has 1 aromatic heterocycles. The van der Waals surface area contributed by atoms with Gasteiger partial charge >= 0.3 is 6.18 Å². The van der Waals surface area contributed by atoms with E-state index in [9.17, 15) is 13.2 Å². The van der Waals surface area contributed by atoms with Gasteiger partial charge in [0.2, 0.25) is 0 Å². The molecular formula is C10H7F3INO. The quantitative estimate of drug-likeness (QED) is 0.785. The van der Waals surface area contributed by atoms with Gasteiger partial charge in [-0.3, -0.25) is 0 Å². The summed E-state index contributed by atoms with van der Waals surface area (Å²) in [6, 6.07) is 2.47. The predicted molar refractivity (Wildman–Crippen MR) is 62.6 cm³/mol. The van der Waals surface area contributed by atoms with Crippen molar-refractivity contribution in [3.63, 3.8) is 0 Å². The van der Waals surface area contributed by atoms with E-state index >= 15 is 0 Å². The second-order valence-corrected chi connectivity index (χ2v) is 4.39. The van der Waals surface area contributed by atoms with Crippen molar-refractivity contribution in [2.24, 2.45) is 0 Å². The van der Waals surface area contributed by atoms with Crippen LogP contribution in [-0.4, -0.2) is 12.1 Å². The van der Waals surface area contributed by atoms with Crippen LogP contribution in [0, 0.1) is 3.57 Å². The van der Waals surface area contributed by atoms with Gasteiger partial charge in [-0.05, 0) is 34.7 Å². The number of halogens is 4. The molecule has 1 aromatic carbocycles. The average Bonchev–Trinajstić information content (AvgIpc) is 2.57. The molecule has 0 bridgehead atoms. The van der Waals surface area contributed by atoms with Crippen LogP contribution in [0.25, 0.3) is 10.9 Å². The highest BCUT2D eigenvalue weighted by Crippen LogP contribution is 2.39. The summed E-state index contributed by atoms with van der Waals surface area (Å²) in [5.41, 5.74) is -0.307. The number of rotatable bonds is 1. The number of aromatic amines is 1. The third-order valence-electron chi connectivity index (χ3n) is 2.26. The summed E-state index contributed by atoms with van der Waals surface area (Å²) in [4.78, 5) is 2.79. The molecule has 0 saturated carbocycles. The van der Waals surface area contributed by atoms with Gasteiger partial charge in [-0.25, -0.2) is 0 Å². The summed E-state index contributed by atoms with van der Waals surface area (Å²) in [5.74, 6) is -0.155. The van der Waals surface area contributed by atoms with Crippen molar-refractivity contribution < 1.29 is 17.9 Å². The number of benzene rings is 1. The zero-order valence-electron chi connectivity index (χ0n) is 8.15. The van der Waals surface area contributed by atoms with Crippen molar-refractivity contribution in [1.29, 1.82) is 0 Å². The largest absolute Gasteiger partial charge is 0.496 e. The molecule has 2 aromatic rings. The van der Waals surface area contributed by atoms with Gasteiger partial charge in [-0.1, -0.05) is 0 Å². The van der Waals surface area contributed by atoms with Gasteiger partial charge in [-0.2, -0.15) is 13.2 Å². The second kappa shape index (κ2) is 3.83. The van der Waals surface area contributed by atoms with Crippen LogP contribution >= 0.6 is 22.6 Å². The minimum atomic E-state index is -4.41. The molecule has 1 heterocycles. The molecule has 0 spiro atoms. The summed E-state index contributed by atoms with van der Waals surface area (Å²) < 4.78 is 43.7. The Morgan fingerprint density at radius 2 is 2.00 bits per heavy atom. The Bertz CT molecular complexity index is 533. The van der Waals surface area contributed by atoms with E-state index in [2.05, 4.69) is 27.6 Å². The molecule has 0 unspecified atom stereocenters. The monoisotopic (exact) mass is 341 g/mol. The summed E-state index contributed by atoms with van der Waals surface area (Å²) >= 11 is 2.05. The molecule has 16 heavy (non-hydrogen) atoms. The molecule has 0 saturated heterocycles. The molecule has 0 radical (unpaired) electrons. The Balaban J connectivity index is 2.74. The van der Waals surface area contributed by atoms with Crippen molar-refractivity contribution in [3.8, 4) is 5.75 Å². The third kappa shape index (κ3) is 1.85. The molecule has 1 N–H and O–H groups in total.